The second-order valence-electron chi connectivity index (χ2n) is 15.6. The van der Waals surface area contributed by atoms with Crippen LogP contribution >= 0.6 is 11.6 Å². The van der Waals surface area contributed by atoms with Crippen LogP contribution in [0.1, 0.15) is 74.4 Å². The maximum absolute atomic E-state index is 13.9. The highest BCUT2D eigenvalue weighted by atomic mass is 35.5. The summed E-state index contributed by atoms with van der Waals surface area (Å²) >= 11 is 6.49. The zero-order valence-corrected chi connectivity index (χ0v) is 31.5. The van der Waals surface area contributed by atoms with Crippen molar-refractivity contribution < 1.29 is 23.2 Å². The summed E-state index contributed by atoms with van der Waals surface area (Å²) in [4.78, 5) is 18.6. The maximum atomic E-state index is 13.9. The zero-order valence-electron chi connectivity index (χ0n) is 29.9. The highest BCUT2D eigenvalue weighted by Gasteiger charge is 2.44. The van der Waals surface area contributed by atoms with Crippen molar-refractivity contribution in [2.45, 2.75) is 82.1 Å². The average Bonchev–Trinajstić information content (AvgIpc) is 3.23. The topological polar surface area (TPSA) is 80.3 Å². The Kier molecular flexibility index (Phi) is 10.6. The molecule has 2 aromatic rings. The molecule has 5 aliphatic rings. The van der Waals surface area contributed by atoms with Crippen molar-refractivity contribution in [3.63, 3.8) is 0 Å². The number of allylic oxidation sites excluding steroid dienone is 1. The van der Waals surface area contributed by atoms with Gasteiger partial charge in [0.2, 0.25) is 0 Å². The first-order valence-corrected chi connectivity index (χ1v) is 20.8. The van der Waals surface area contributed by atoms with Crippen molar-refractivity contribution in [3.8, 4) is 5.75 Å². The summed E-state index contributed by atoms with van der Waals surface area (Å²) in [6, 6.07) is 12.4. The molecule has 2 aromatic carbocycles. The number of amides is 1. The Hall–Kier alpha value is -2.56. The Labute approximate surface area is 304 Å². The first-order chi connectivity index (χ1) is 24.0. The monoisotopic (exact) mass is 723 g/mol. The van der Waals surface area contributed by atoms with Gasteiger partial charge in [0.25, 0.3) is 5.91 Å². The van der Waals surface area contributed by atoms with Crippen molar-refractivity contribution in [3.05, 3.63) is 70.3 Å². The van der Waals surface area contributed by atoms with Crippen molar-refractivity contribution in [1.29, 1.82) is 0 Å². The van der Waals surface area contributed by atoms with Gasteiger partial charge in [-0.05, 0) is 117 Å². The first-order valence-electron chi connectivity index (χ1n) is 18.6. The largest absolute Gasteiger partial charge is 0.490 e. The van der Waals surface area contributed by atoms with Crippen molar-refractivity contribution in [2.75, 3.05) is 57.5 Å². The van der Waals surface area contributed by atoms with Crippen molar-refractivity contribution in [1.82, 2.24) is 9.62 Å². The maximum Gasteiger partial charge on any atom is 0.262 e. The fourth-order valence-electron chi connectivity index (χ4n) is 8.82. The number of benzene rings is 2. The van der Waals surface area contributed by atoms with E-state index in [1.54, 1.807) is 6.07 Å². The lowest BCUT2D eigenvalue weighted by atomic mass is 9.68. The molecule has 1 spiro atoms. The fourth-order valence-corrected chi connectivity index (χ4v) is 10.5. The van der Waals surface area contributed by atoms with Gasteiger partial charge in [0.15, 0.2) is 0 Å². The van der Waals surface area contributed by atoms with Gasteiger partial charge >= 0.3 is 0 Å². The molecule has 3 heterocycles. The molecule has 2 bridgehead atoms. The van der Waals surface area contributed by atoms with Gasteiger partial charge in [0.1, 0.15) is 5.75 Å². The van der Waals surface area contributed by atoms with E-state index in [0.717, 1.165) is 94.4 Å². The van der Waals surface area contributed by atoms with Gasteiger partial charge in [-0.15, -0.1) is 0 Å². The second-order valence-corrected chi connectivity index (χ2v) is 18.4. The normalized spacial score (nSPS) is 35.5. The SMILES string of the molecule is C=S1(=O)NC(=O)c2ccc3c(c2)N(C[C@@H]2CC[C@H]2[C@@H](OCCN2CCOC[C@H]2C)/C=C/C[C@H](C)[C@H]1C)C[C@@]1(CCCc2cc(Cl)ccc21)CO3. The van der Waals surface area contributed by atoms with Gasteiger partial charge in [-0.2, -0.15) is 0 Å². The number of hydrogen-bond donors (Lipinski definition) is 1. The molecular weight excluding hydrogens is 670 g/mol. The van der Waals surface area contributed by atoms with Crippen LogP contribution in [0, 0.1) is 17.8 Å². The van der Waals surface area contributed by atoms with Crippen LogP contribution in [0.4, 0.5) is 5.69 Å². The van der Waals surface area contributed by atoms with E-state index in [4.69, 9.17) is 25.8 Å². The number of aryl methyl sites for hydroxylation is 1. The summed E-state index contributed by atoms with van der Waals surface area (Å²) in [6.45, 7) is 12.4. The number of fused-ring (bicyclic) bond motifs is 4. The Bertz CT molecular complexity index is 1700. The third kappa shape index (κ3) is 7.36. The fraction of sp³-hybridized carbons (Fsp3) is 0.600. The predicted octanol–water partition coefficient (Wildman–Crippen LogP) is 6.29. The number of carbonyl (C=O) groups is 1. The number of nitrogens with one attached hydrogen (secondary N) is 1. The molecule has 8 nitrogen and oxygen atoms in total. The lowest BCUT2D eigenvalue weighted by Crippen LogP contribution is -2.50. The molecule has 3 aliphatic heterocycles. The summed E-state index contributed by atoms with van der Waals surface area (Å²) in [5.41, 5.74) is 3.79. The minimum Gasteiger partial charge on any atom is -0.490 e. The van der Waals surface area contributed by atoms with E-state index in [1.807, 2.05) is 25.1 Å². The molecule has 50 heavy (non-hydrogen) atoms. The molecule has 1 saturated heterocycles. The number of morpholine rings is 1. The van der Waals surface area contributed by atoms with Crippen LogP contribution in [0.3, 0.4) is 0 Å². The number of hydrogen-bond acceptors (Lipinski definition) is 7. The van der Waals surface area contributed by atoms with Gasteiger partial charge < -0.3 is 19.1 Å². The van der Waals surface area contributed by atoms with Gasteiger partial charge in [-0.25, -0.2) is 4.21 Å². The van der Waals surface area contributed by atoms with E-state index in [9.17, 15) is 9.00 Å². The van der Waals surface area contributed by atoms with Crippen LogP contribution in [0.15, 0.2) is 48.6 Å². The third-order valence-corrected chi connectivity index (χ3v) is 14.8. The highest BCUT2D eigenvalue weighted by Crippen LogP contribution is 2.47. The summed E-state index contributed by atoms with van der Waals surface area (Å²) in [5, 5.41) is 0.451. The molecule has 8 atom stereocenters. The van der Waals surface area contributed by atoms with Crippen molar-refractivity contribution in [2.24, 2.45) is 17.8 Å². The quantitative estimate of drug-likeness (QED) is 0.294. The van der Waals surface area contributed by atoms with E-state index >= 15 is 0 Å². The minimum absolute atomic E-state index is 0.00939. The lowest BCUT2D eigenvalue weighted by Gasteiger charge is -2.46. The summed E-state index contributed by atoms with van der Waals surface area (Å²) < 4.78 is 35.9. The molecule has 272 valence electrons. The Balaban J connectivity index is 1.23. The lowest BCUT2D eigenvalue weighted by molar-refractivity contribution is -0.0442. The Morgan fingerprint density at radius 1 is 1.16 bits per heavy atom. The predicted molar refractivity (Wildman–Crippen MR) is 203 cm³/mol. The highest BCUT2D eigenvalue weighted by molar-refractivity contribution is 7.99. The standard InChI is InChI=1S/C40H54ClN3O5S/c1-27-7-5-9-37(48-20-18-43-17-19-47-24-28(43)2)34-13-10-32(34)23-44-25-40(16-6-8-30-21-33(41)12-14-35(30)40)26-49-38-15-11-31(22-36(38)44)39(45)42-50(4,46)29(27)3/h5,9,11-12,14-15,21-22,27-29,32,34,37H,4,6-8,10,13,16-20,23-26H2,1-3H3,(H,42,45,46)/b9-5+/t27-,28+,29+,32-,34+,37-,40-,50?/m0/s1. The molecule has 2 fully saturated rings. The van der Waals surface area contributed by atoms with E-state index < -0.39 is 9.71 Å². The molecular formula is C40H54ClN3O5S. The Morgan fingerprint density at radius 2 is 2.02 bits per heavy atom. The number of anilines is 1. The van der Waals surface area contributed by atoms with E-state index in [-0.39, 0.29) is 28.6 Å². The van der Waals surface area contributed by atoms with Crippen LogP contribution in [0.2, 0.25) is 5.02 Å². The molecule has 10 heteroatoms. The van der Waals surface area contributed by atoms with Gasteiger partial charge in [0.05, 0.1) is 47.9 Å². The number of rotatable bonds is 4. The van der Waals surface area contributed by atoms with Gasteiger partial charge in [0, 0.05) is 53.5 Å². The summed E-state index contributed by atoms with van der Waals surface area (Å²) in [6.07, 6.45) is 10.5. The molecule has 7 rings (SSSR count). The van der Waals surface area contributed by atoms with Crippen LogP contribution in [-0.4, -0.2) is 90.9 Å². The van der Waals surface area contributed by atoms with E-state index in [0.29, 0.717) is 36.7 Å². The van der Waals surface area contributed by atoms with Crippen LogP contribution < -0.4 is 14.4 Å². The van der Waals surface area contributed by atoms with E-state index in [2.05, 4.69) is 58.5 Å². The van der Waals surface area contributed by atoms with Crippen LogP contribution in [0.5, 0.6) is 5.75 Å². The molecule has 0 radical (unpaired) electrons. The number of nitrogens with zero attached hydrogens (tertiary/aromatic N) is 2. The molecule has 2 aliphatic carbocycles. The minimum atomic E-state index is -2.93. The van der Waals surface area contributed by atoms with Crippen molar-refractivity contribution >= 4 is 38.8 Å². The third-order valence-electron chi connectivity index (χ3n) is 12.3. The number of ether oxygens (including phenoxy) is 3. The summed E-state index contributed by atoms with van der Waals surface area (Å²) in [5.74, 6) is 5.30. The number of halogens is 1. The Morgan fingerprint density at radius 3 is 2.82 bits per heavy atom. The first kappa shape index (κ1) is 35.8. The second kappa shape index (κ2) is 14.8. The summed E-state index contributed by atoms with van der Waals surface area (Å²) in [7, 11) is -2.93. The van der Waals surface area contributed by atoms with E-state index in [1.165, 1.54) is 11.1 Å². The number of carbonyl (C=O) groups excluding carboxylic acids is 1. The molecule has 1 amide bonds. The van der Waals surface area contributed by atoms with Gasteiger partial charge in [-0.1, -0.05) is 36.7 Å². The van der Waals surface area contributed by atoms with Crippen LogP contribution in [-0.2, 0) is 31.0 Å². The molecule has 1 unspecified atom stereocenters. The molecule has 0 aromatic heterocycles. The smallest absolute Gasteiger partial charge is 0.262 e. The average molecular weight is 724 g/mol. The zero-order chi connectivity index (χ0) is 35.0. The molecule has 1 N–H and O–H groups in total. The van der Waals surface area contributed by atoms with Gasteiger partial charge in [-0.3, -0.25) is 14.4 Å². The molecule has 1 saturated carbocycles. The van der Waals surface area contributed by atoms with Crippen LogP contribution in [0.25, 0.3) is 0 Å².